The van der Waals surface area contributed by atoms with Crippen LogP contribution in [-0.2, 0) is 0 Å². The first kappa shape index (κ1) is 12.6. The molecule has 6 heteroatoms. The van der Waals surface area contributed by atoms with E-state index in [0.717, 1.165) is 0 Å². The first-order valence-corrected chi connectivity index (χ1v) is 4.68. The number of hydroxylamine groups is 1. The summed E-state index contributed by atoms with van der Waals surface area (Å²) in [6.45, 7) is 0. The number of nitrogens with one attached hydrogen (secondary N) is 1. The highest BCUT2D eigenvalue weighted by Gasteiger charge is 2.07. The van der Waals surface area contributed by atoms with E-state index in [1.807, 2.05) is 0 Å². The lowest BCUT2D eigenvalue weighted by molar-refractivity contribution is 0.0703. The highest BCUT2D eigenvalue weighted by atomic mass is 16.5. The quantitative estimate of drug-likeness (QED) is 0.504. The first-order chi connectivity index (χ1) is 8.25. The zero-order valence-corrected chi connectivity index (χ0v) is 8.82. The van der Waals surface area contributed by atoms with Crippen molar-refractivity contribution in [1.29, 1.82) is 0 Å². The predicted molar refractivity (Wildman–Crippen MR) is 59.4 cm³/mol. The fourth-order valence-corrected chi connectivity index (χ4v) is 0.979. The van der Waals surface area contributed by atoms with Crippen molar-refractivity contribution in [3.05, 3.63) is 54.6 Å². The van der Waals surface area contributed by atoms with Crippen molar-refractivity contribution in [1.82, 2.24) is 15.4 Å². The molecule has 0 radical (unpaired) electrons. The zero-order chi connectivity index (χ0) is 12.5. The number of para-hydroxylation sites is 1. The van der Waals surface area contributed by atoms with Gasteiger partial charge < -0.3 is 5.11 Å². The summed E-state index contributed by atoms with van der Waals surface area (Å²) in [4.78, 5) is 18.1. The summed E-state index contributed by atoms with van der Waals surface area (Å²) in [5.74, 6) is -0.873. The van der Waals surface area contributed by atoms with Gasteiger partial charge >= 0.3 is 0 Å². The molecule has 2 rings (SSSR count). The minimum Gasteiger partial charge on any atom is -0.507 e. The Balaban J connectivity index is 0.000000202. The van der Waals surface area contributed by atoms with Crippen molar-refractivity contribution >= 4 is 5.91 Å². The van der Waals surface area contributed by atoms with Crippen molar-refractivity contribution in [2.75, 3.05) is 0 Å². The minimum absolute atomic E-state index is 0.0509. The van der Waals surface area contributed by atoms with E-state index in [1.165, 1.54) is 23.9 Å². The Kier molecular flexibility index (Phi) is 5.12. The molecule has 0 fully saturated rings. The smallest absolute Gasteiger partial charge is 0.278 e. The maximum absolute atomic E-state index is 10.7. The van der Waals surface area contributed by atoms with Gasteiger partial charge in [0, 0.05) is 12.4 Å². The second-order valence-electron chi connectivity index (χ2n) is 2.86. The molecule has 0 bridgehead atoms. The SMILES string of the molecule is O=C(NO)c1ccccc1O.c1cncnc1. The van der Waals surface area contributed by atoms with Gasteiger partial charge in [0.2, 0.25) is 0 Å². The number of aromatic hydroxyl groups is 1. The number of benzene rings is 1. The number of phenolic OH excluding ortho intramolecular Hbond substituents is 1. The van der Waals surface area contributed by atoms with Crippen LogP contribution >= 0.6 is 0 Å². The van der Waals surface area contributed by atoms with Crippen molar-refractivity contribution in [3.8, 4) is 5.75 Å². The largest absolute Gasteiger partial charge is 0.507 e. The van der Waals surface area contributed by atoms with Crippen LogP contribution in [0.2, 0.25) is 0 Å². The number of hydrogen-bond donors (Lipinski definition) is 3. The molecule has 1 aromatic carbocycles. The van der Waals surface area contributed by atoms with E-state index < -0.39 is 5.91 Å². The third kappa shape index (κ3) is 4.27. The van der Waals surface area contributed by atoms with Crippen molar-refractivity contribution in [2.24, 2.45) is 0 Å². The van der Waals surface area contributed by atoms with Crippen molar-refractivity contribution in [3.63, 3.8) is 0 Å². The Bertz CT molecular complexity index is 436. The molecule has 1 heterocycles. The van der Waals surface area contributed by atoms with Crippen LogP contribution in [0.4, 0.5) is 0 Å². The van der Waals surface area contributed by atoms with Gasteiger partial charge in [-0.15, -0.1) is 0 Å². The summed E-state index contributed by atoms with van der Waals surface area (Å²) in [7, 11) is 0. The Hall–Kier alpha value is -2.47. The molecule has 0 saturated carbocycles. The molecule has 2 aromatic rings. The van der Waals surface area contributed by atoms with Crippen LogP contribution in [0.15, 0.2) is 49.1 Å². The van der Waals surface area contributed by atoms with E-state index in [4.69, 9.17) is 10.3 Å². The number of phenols is 1. The molecule has 0 unspecified atom stereocenters. The van der Waals surface area contributed by atoms with Crippen molar-refractivity contribution < 1.29 is 15.1 Å². The topological polar surface area (TPSA) is 95.3 Å². The van der Waals surface area contributed by atoms with Crippen LogP contribution in [-0.4, -0.2) is 26.2 Å². The number of rotatable bonds is 1. The van der Waals surface area contributed by atoms with Crippen LogP contribution < -0.4 is 5.48 Å². The maximum atomic E-state index is 10.7. The van der Waals surface area contributed by atoms with Crippen molar-refractivity contribution in [2.45, 2.75) is 0 Å². The second kappa shape index (κ2) is 6.91. The van der Waals surface area contributed by atoms with E-state index in [-0.39, 0.29) is 11.3 Å². The lowest BCUT2D eigenvalue weighted by atomic mass is 10.2. The molecular weight excluding hydrogens is 222 g/mol. The molecule has 17 heavy (non-hydrogen) atoms. The summed E-state index contributed by atoms with van der Waals surface area (Å²) >= 11 is 0. The van der Waals surface area contributed by atoms with Gasteiger partial charge in [0.15, 0.2) is 0 Å². The first-order valence-electron chi connectivity index (χ1n) is 4.68. The molecule has 0 aliphatic heterocycles. The molecule has 0 aliphatic carbocycles. The fourth-order valence-electron chi connectivity index (χ4n) is 0.979. The average Bonchev–Trinajstić information content (AvgIpc) is 2.41. The second-order valence-corrected chi connectivity index (χ2v) is 2.86. The number of nitrogens with zero attached hydrogens (tertiary/aromatic N) is 2. The van der Waals surface area contributed by atoms with Crippen LogP contribution in [0.25, 0.3) is 0 Å². The summed E-state index contributed by atoms with van der Waals surface area (Å²) in [5, 5.41) is 17.2. The summed E-state index contributed by atoms with van der Waals surface area (Å²) < 4.78 is 0. The lowest BCUT2D eigenvalue weighted by Gasteiger charge is -1.99. The molecule has 0 saturated heterocycles. The van der Waals surface area contributed by atoms with Gasteiger partial charge in [0.05, 0.1) is 5.56 Å². The molecule has 1 aromatic heterocycles. The van der Waals surface area contributed by atoms with Gasteiger partial charge in [-0.05, 0) is 18.2 Å². The van der Waals surface area contributed by atoms with Crippen LogP contribution in [0.3, 0.4) is 0 Å². The van der Waals surface area contributed by atoms with Gasteiger partial charge in [0.1, 0.15) is 12.1 Å². The highest BCUT2D eigenvalue weighted by Crippen LogP contribution is 2.14. The number of aromatic nitrogens is 2. The fraction of sp³-hybridized carbons (Fsp3) is 0. The van der Waals surface area contributed by atoms with Crippen LogP contribution in [0.1, 0.15) is 10.4 Å². The van der Waals surface area contributed by atoms with E-state index in [9.17, 15) is 4.79 Å². The molecule has 6 nitrogen and oxygen atoms in total. The van der Waals surface area contributed by atoms with E-state index in [2.05, 4.69) is 9.97 Å². The Morgan fingerprint density at radius 2 is 1.76 bits per heavy atom. The Labute approximate surface area is 97.6 Å². The third-order valence-corrected chi connectivity index (χ3v) is 1.73. The van der Waals surface area contributed by atoms with Gasteiger partial charge in [-0.2, -0.15) is 0 Å². The van der Waals surface area contributed by atoms with Crippen LogP contribution in [0, 0.1) is 0 Å². The molecule has 0 spiro atoms. The Morgan fingerprint density at radius 1 is 1.12 bits per heavy atom. The zero-order valence-electron chi connectivity index (χ0n) is 8.82. The number of amides is 1. The molecule has 88 valence electrons. The molecule has 0 atom stereocenters. The standard InChI is InChI=1S/C7H7NO3.C4H4N2/c9-6-4-2-1-3-5(6)7(10)8-11;1-2-5-4-6-3-1/h1-4,9,11H,(H,8,10);1-4H. The van der Waals surface area contributed by atoms with Gasteiger partial charge in [-0.3, -0.25) is 10.0 Å². The summed E-state index contributed by atoms with van der Waals surface area (Å²) in [6, 6.07) is 7.72. The van der Waals surface area contributed by atoms with E-state index in [1.54, 1.807) is 30.6 Å². The monoisotopic (exact) mass is 233 g/mol. The maximum Gasteiger partial charge on any atom is 0.278 e. The van der Waals surface area contributed by atoms with Gasteiger partial charge in [-0.25, -0.2) is 15.4 Å². The molecule has 1 amide bonds. The van der Waals surface area contributed by atoms with Gasteiger partial charge in [-0.1, -0.05) is 12.1 Å². The van der Waals surface area contributed by atoms with Crippen LogP contribution in [0.5, 0.6) is 5.75 Å². The summed E-state index contributed by atoms with van der Waals surface area (Å²) in [6.07, 6.45) is 4.88. The predicted octanol–water partition coefficient (Wildman–Crippen LogP) is 0.988. The average molecular weight is 233 g/mol. The third-order valence-electron chi connectivity index (χ3n) is 1.73. The number of hydrogen-bond acceptors (Lipinski definition) is 5. The molecule has 0 aliphatic rings. The normalized spacial score (nSPS) is 8.76. The van der Waals surface area contributed by atoms with E-state index in [0.29, 0.717) is 0 Å². The van der Waals surface area contributed by atoms with E-state index >= 15 is 0 Å². The Morgan fingerprint density at radius 3 is 2.18 bits per heavy atom. The number of carbonyl (C=O) groups excluding carboxylic acids is 1. The molecular formula is C11H11N3O3. The summed E-state index contributed by atoms with van der Waals surface area (Å²) in [5.41, 5.74) is 1.47. The van der Waals surface area contributed by atoms with Gasteiger partial charge in [0.25, 0.3) is 5.91 Å². The highest BCUT2D eigenvalue weighted by molar-refractivity contribution is 5.95. The molecule has 3 N–H and O–H groups in total. The minimum atomic E-state index is -0.719. The number of carbonyl (C=O) groups is 1. The lowest BCUT2D eigenvalue weighted by Crippen LogP contribution is -2.18.